The number of ketones is 1. The third kappa shape index (κ3) is 3.87. The first kappa shape index (κ1) is 23.2. The van der Waals surface area contributed by atoms with Crippen molar-refractivity contribution in [2.45, 2.75) is 97.7 Å². The fourth-order valence-corrected chi connectivity index (χ4v) is 8.34. The Kier molecular flexibility index (Phi) is 6.07. The Hall–Kier alpha value is -0.970. The monoisotopic (exact) mass is 430 g/mol. The number of allylic oxidation sites excluding steroid dienone is 1. The average molecular weight is 431 g/mol. The van der Waals surface area contributed by atoms with Crippen LogP contribution in [0.4, 0.5) is 0 Å². The van der Waals surface area contributed by atoms with Crippen LogP contribution in [0.1, 0.15) is 86.0 Å². The van der Waals surface area contributed by atoms with Gasteiger partial charge in [0.15, 0.2) is 5.78 Å². The van der Waals surface area contributed by atoms with Gasteiger partial charge in [-0.1, -0.05) is 32.9 Å². The number of hydrogen-bond acceptors (Lipinski definition) is 4. The van der Waals surface area contributed by atoms with Crippen LogP contribution in [-0.4, -0.2) is 27.9 Å². The van der Waals surface area contributed by atoms with E-state index in [9.17, 15) is 9.90 Å². The van der Waals surface area contributed by atoms with Crippen molar-refractivity contribution in [1.82, 2.24) is 0 Å². The normalized spacial score (nSPS) is 43.9. The lowest BCUT2D eigenvalue weighted by atomic mass is 9.46. The number of aliphatic hydroxyl groups is 1. The fourth-order valence-electron chi connectivity index (χ4n) is 8.34. The van der Waals surface area contributed by atoms with Crippen molar-refractivity contribution >= 4 is 5.78 Å². The van der Waals surface area contributed by atoms with Crippen molar-refractivity contribution in [3.8, 4) is 0 Å². The predicted molar refractivity (Wildman–Crippen MR) is 122 cm³/mol. The number of fused-ring (bicyclic) bond motifs is 5. The zero-order valence-corrected chi connectivity index (χ0v) is 20.1. The minimum atomic E-state index is -0.639. The lowest BCUT2D eigenvalue weighted by Gasteiger charge is -2.59. The summed E-state index contributed by atoms with van der Waals surface area (Å²) in [7, 11) is 0. The molecule has 4 nitrogen and oxygen atoms in total. The highest BCUT2D eigenvalue weighted by Gasteiger charge is 2.60. The zero-order valence-electron chi connectivity index (χ0n) is 20.1. The maximum Gasteiger partial charge on any atom is 0.155 e. The van der Waals surface area contributed by atoms with Crippen molar-refractivity contribution in [2.75, 3.05) is 0 Å². The quantitative estimate of drug-likeness (QED) is 0.321. The van der Waals surface area contributed by atoms with Crippen molar-refractivity contribution in [3.05, 3.63) is 23.8 Å². The number of carbonyl (C=O) groups excluding carboxylic acids is 1. The first-order valence-corrected chi connectivity index (χ1v) is 12.4. The molecule has 0 aromatic heterocycles. The van der Waals surface area contributed by atoms with Crippen LogP contribution >= 0.6 is 0 Å². The molecule has 0 aromatic carbocycles. The molecular weight excluding hydrogens is 388 g/mol. The van der Waals surface area contributed by atoms with Crippen molar-refractivity contribution < 1.29 is 20.0 Å². The lowest BCUT2D eigenvalue weighted by Crippen LogP contribution is -2.54. The Morgan fingerprint density at radius 2 is 1.97 bits per heavy atom. The molecule has 8 atom stereocenters. The number of aliphatic hydroxyl groups excluding tert-OH is 1. The second kappa shape index (κ2) is 8.11. The second-order valence-electron chi connectivity index (χ2n) is 12.2. The third-order valence-electron chi connectivity index (χ3n) is 10.00. The molecule has 0 aromatic rings. The molecule has 7 unspecified atom stereocenters. The molecule has 3 fully saturated rings. The molecule has 31 heavy (non-hydrogen) atoms. The Morgan fingerprint density at radius 1 is 1.23 bits per heavy atom. The molecular formula is C27H42O4. The van der Waals surface area contributed by atoms with Gasteiger partial charge in [-0.05, 0) is 111 Å². The highest BCUT2D eigenvalue weighted by atomic mass is 17.1. The minimum Gasteiger partial charge on any atom is -0.389 e. The Morgan fingerprint density at radius 3 is 2.68 bits per heavy atom. The summed E-state index contributed by atoms with van der Waals surface area (Å²) in [6.45, 7) is 11.0. The molecule has 0 spiro atoms. The van der Waals surface area contributed by atoms with Gasteiger partial charge in [-0.25, -0.2) is 4.89 Å². The SMILES string of the molecule is C[C@H](C/C=C/C(C)(C)OO)C1CCC2C3CC(O)C4=CC(=O)CCC4(C)C3CCC21C. The first-order valence-electron chi connectivity index (χ1n) is 12.4. The van der Waals surface area contributed by atoms with Crippen LogP contribution in [0.2, 0.25) is 0 Å². The van der Waals surface area contributed by atoms with E-state index in [1.807, 2.05) is 19.9 Å². The van der Waals surface area contributed by atoms with Crippen LogP contribution in [-0.2, 0) is 9.68 Å². The van der Waals surface area contributed by atoms with Gasteiger partial charge in [0, 0.05) is 6.42 Å². The second-order valence-corrected chi connectivity index (χ2v) is 12.2. The van der Waals surface area contributed by atoms with Crippen molar-refractivity contribution in [1.29, 1.82) is 0 Å². The number of hydrogen-bond donors (Lipinski definition) is 2. The Labute approximate surface area is 188 Å². The fraction of sp³-hybridized carbons (Fsp3) is 0.815. The van der Waals surface area contributed by atoms with Gasteiger partial charge in [-0.3, -0.25) is 10.1 Å². The maximum absolute atomic E-state index is 12.1. The van der Waals surface area contributed by atoms with Gasteiger partial charge in [0.2, 0.25) is 0 Å². The molecule has 0 radical (unpaired) electrons. The van der Waals surface area contributed by atoms with Crippen LogP contribution < -0.4 is 0 Å². The summed E-state index contributed by atoms with van der Waals surface area (Å²) in [6.07, 6.45) is 13.9. The van der Waals surface area contributed by atoms with Gasteiger partial charge in [-0.15, -0.1) is 0 Å². The largest absolute Gasteiger partial charge is 0.389 e. The third-order valence-corrected chi connectivity index (χ3v) is 10.00. The summed E-state index contributed by atoms with van der Waals surface area (Å²) < 4.78 is 0. The minimum absolute atomic E-state index is 0.000108. The van der Waals surface area contributed by atoms with E-state index in [1.165, 1.54) is 25.7 Å². The summed E-state index contributed by atoms with van der Waals surface area (Å²) >= 11 is 0. The number of rotatable bonds is 5. The molecule has 2 N–H and O–H groups in total. The van der Waals surface area contributed by atoms with E-state index in [-0.39, 0.29) is 11.2 Å². The highest BCUT2D eigenvalue weighted by molar-refractivity contribution is 5.91. The molecule has 0 aliphatic heterocycles. The summed E-state index contributed by atoms with van der Waals surface area (Å²) in [5.74, 6) is 3.32. The molecule has 174 valence electrons. The lowest BCUT2D eigenvalue weighted by molar-refractivity contribution is -0.297. The predicted octanol–water partition coefficient (Wildman–Crippen LogP) is 5.96. The Balaban J connectivity index is 1.52. The molecule has 4 rings (SSSR count). The summed E-state index contributed by atoms with van der Waals surface area (Å²) in [5, 5.41) is 20.1. The smallest absolute Gasteiger partial charge is 0.155 e. The Bertz CT molecular complexity index is 767. The molecule has 0 bridgehead atoms. The summed E-state index contributed by atoms with van der Waals surface area (Å²) in [6, 6.07) is 0. The van der Waals surface area contributed by atoms with Crippen LogP contribution in [0.5, 0.6) is 0 Å². The van der Waals surface area contributed by atoms with Crippen molar-refractivity contribution in [3.63, 3.8) is 0 Å². The van der Waals surface area contributed by atoms with Crippen LogP contribution in [0.25, 0.3) is 0 Å². The summed E-state index contributed by atoms with van der Waals surface area (Å²) in [4.78, 5) is 16.6. The van der Waals surface area contributed by atoms with E-state index in [1.54, 1.807) is 6.08 Å². The zero-order chi connectivity index (χ0) is 22.6. The topological polar surface area (TPSA) is 66.8 Å². The molecule has 0 heterocycles. The summed E-state index contributed by atoms with van der Waals surface area (Å²) in [5.41, 5.74) is 0.731. The van der Waals surface area contributed by atoms with Gasteiger partial charge in [0.05, 0.1) is 6.10 Å². The number of carbonyl (C=O) groups is 1. The maximum atomic E-state index is 12.1. The van der Waals surface area contributed by atoms with E-state index in [0.29, 0.717) is 41.4 Å². The van der Waals surface area contributed by atoms with E-state index >= 15 is 0 Å². The van der Waals surface area contributed by atoms with Gasteiger partial charge in [-0.2, -0.15) is 0 Å². The van der Waals surface area contributed by atoms with E-state index in [2.05, 4.69) is 31.7 Å². The molecule has 0 saturated heterocycles. The van der Waals surface area contributed by atoms with Gasteiger partial charge >= 0.3 is 0 Å². The van der Waals surface area contributed by atoms with E-state index in [0.717, 1.165) is 24.8 Å². The average Bonchev–Trinajstić information content (AvgIpc) is 3.07. The van der Waals surface area contributed by atoms with Crippen LogP contribution in [0, 0.1) is 40.4 Å². The van der Waals surface area contributed by atoms with E-state index < -0.39 is 11.7 Å². The standard InChI is InChI=1S/C27H42O4/c1-17(7-6-12-25(2,3)31-30)20-8-9-21-19-16-24(29)23-15-18(28)10-13-27(23,5)22(19)11-14-26(20,21)4/h6,12,15,17,19-22,24,29-30H,7-11,13-14,16H2,1-5H3/b12-6+/t17-,19?,20?,21?,22?,24?,26?,27?/m1/s1. The first-order chi connectivity index (χ1) is 14.5. The molecule has 4 aliphatic rings. The van der Waals surface area contributed by atoms with Crippen molar-refractivity contribution in [2.24, 2.45) is 40.4 Å². The van der Waals surface area contributed by atoms with E-state index in [4.69, 9.17) is 5.26 Å². The molecule has 4 heteroatoms. The van der Waals surface area contributed by atoms with Crippen LogP contribution in [0.15, 0.2) is 23.8 Å². The van der Waals surface area contributed by atoms with Gasteiger partial charge in [0.1, 0.15) is 5.60 Å². The molecule has 0 amide bonds. The van der Waals surface area contributed by atoms with Crippen LogP contribution in [0.3, 0.4) is 0 Å². The highest BCUT2D eigenvalue weighted by Crippen LogP contribution is 2.67. The molecule has 4 aliphatic carbocycles. The molecule has 3 saturated carbocycles. The van der Waals surface area contributed by atoms with Gasteiger partial charge in [0.25, 0.3) is 0 Å². The van der Waals surface area contributed by atoms with Gasteiger partial charge < -0.3 is 5.11 Å².